The molecule has 0 fully saturated rings. The minimum atomic E-state index is -5.09. The quantitative estimate of drug-likeness (QED) is 0.0554. The van der Waals surface area contributed by atoms with Crippen LogP contribution < -0.4 is 9.05 Å². The van der Waals surface area contributed by atoms with Crippen LogP contribution in [0, 0.1) is 0 Å². The van der Waals surface area contributed by atoms with Crippen LogP contribution in [0.2, 0.25) is 0 Å². The minimum absolute atomic E-state index is 0. The summed E-state index contributed by atoms with van der Waals surface area (Å²) < 4.78 is 22.3. The third-order valence-corrected chi connectivity index (χ3v) is 6.60. The number of phosphoric ester groups is 1. The van der Waals surface area contributed by atoms with Crippen molar-refractivity contribution in [2.24, 2.45) is 0 Å². The third kappa shape index (κ3) is 8.66. The van der Waals surface area contributed by atoms with E-state index in [0.717, 1.165) is 36.4 Å². The topological polar surface area (TPSA) is 211 Å². The Balaban J connectivity index is 0.00000529. The molecule has 222 valence electrons. The Morgan fingerprint density at radius 3 is 1.16 bits per heavy atom. The van der Waals surface area contributed by atoms with Gasteiger partial charge in [-0.3, -0.25) is 14.5 Å². The van der Waals surface area contributed by atoms with E-state index < -0.39 is 65.0 Å². The zero-order valence-electron chi connectivity index (χ0n) is 21.9. The van der Waals surface area contributed by atoms with E-state index >= 15 is 0 Å². The molecule has 12 nitrogen and oxygen atoms in total. The number of benzene rings is 4. The standard InChI is InChI=1S/C30H23O12P.Na.H/c31-19-7-1-17(2-8-19)5-11-23(33)29-25(35)13-21(14-26(29)36)41-43(39,40)42-22-15-27(37)30(28(38)16-22)24(34)12-6-18-3-9-20(32)10-4-18;;/h1-16,31-32,35-38H,(H,39,40);;/b11-5+,12-6+;;. The summed E-state index contributed by atoms with van der Waals surface area (Å²) >= 11 is 0. The molecule has 0 saturated carbocycles. The average molecular weight is 630 g/mol. The second-order valence-corrected chi connectivity index (χ2v) is 10.2. The van der Waals surface area contributed by atoms with E-state index in [4.69, 9.17) is 9.05 Å². The van der Waals surface area contributed by atoms with Crippen molar-refractivity contribution in [3.05, 3.63) is 107 Å². The second-order valence-electron chi connectivity index (χ2n) is 8.90. The van der Waals surface area contributed by atoms with Gasteiger partial charge >= 0.3 is 37.4 Å². The van der Waals surface area contributed by atoms with Gasteiger partial charge in [-0.2, -0.15) is 0 Å². The predicted molar refractivity (Wildman–Crippen MR) is 161 cm³/mol. The van der Waals surface area contributed by atoms with Crippen LogP contribution in [0.1, 0.15) is 31.8 Å². The summed E-state index contributed by atoms with van der Waals surface area (Å²) in [5.41, 5.74) is 0.0446. The van der Waals surface area contributed by atoms with Crippen molar-refractivity contribution in [2.45, 2.75) is 0 Å². The molecule has 0 bridgehead atoms. The molecule has 4 rings (SSSR count). The number of aromatic hydroxyl groups is 6. The van der Waals surface area contributed by atoms with E-state index in [1.807, 2.05) is 0 Å². The molecule has 0 aliphatic carbocycles. The molecule has 0 atom stereocenters. The van der Waals surface area contributed by atoms with E-state index in [9.17, 15) is 49.7 Å². The molecular formula is C30H24NaO12P. The molecule has 0 heterocycles. The van der Waals surface area contributed by atoms with Crippen LogP contribution >= 0.6 is 7.82 Å². The maximum atomic E-state index is 12.6. The number of ketones is 2. The summed E-state index contributed by atoms with van der Waals surface area (Å²) in [6.07, 6.45) is 4.85. The Labute approximate surface area is 271 Å². The van der Waals surface area contributed by atoms with E-state index in [2.05, 4.69) is 0 Å². The zero-order chi connectivity index (χ0) is 31.3. The van der Waals surface area contributed by atoms with Crippen LogP contribution in [0.4, 0.5) is 0 Å². The summed E-state index contributed by atoms with van der Waals surface area (Å²) in [5.74, 6) is -5.84. The Kier molecular flexibility index (Phi) is 10.9. The number of phenolic OH excluding ortho intramolecular Hbond substituents is 6. The number of phenols is 6. The Morgan fingerprint density at radius 1 is 0.568 bits per heavy atom. The van der Waals surface area contributed by atoms with Gasteiger partial charge in [0.1, 0.15) is 57.1 Å². The summed E-state index contributed by atoms with van der Waals surface area (Å²) in [6, 6.07) is 14.8. The molecule has 4 aromatic carbocycles. The van der Waals surface area contributed by atoms with Crippen LogP contribution in [-0.4, -0.2) is 76.7 Å². The summed E-state index contributed by atoms with van der Waals surface area (Å²) in [6.45, 7) is 0. The van der Waals surface area contributed by atoms with E-state index in [1.165, 1.54) is 60.7 Å². The first-order valence-corrected chi connectivity index (χ1v) is 13.7. The Hall–Kier alpha value is -4.71. The van der Waals surface area contributed by atoms with Gasteiger partial charge in [-0.25, -0.2) is 4.57 Å². The van der Waals surface area contributed by atoms with Crippen LogP contribution in [0.25, 0.3) is 12.2 Å². The number of phosphoric acid groups is 1. The van der Waals surface area contributed by atoms with Crippen molar-refractivity contribution in [1.82, 2.24) is 0 Å². The van der Waals surface area contributed by atoms with Gasteiger partial charge in [-0.15, -0.1) is 0 Å². The van der Waals surface area contributed by atoms with Gasteiger partial charge in [-0.05, 0) is 47.5 Å². The van der Waals surface area contributed by atoms with Gasteiger partial charge in [0.25, 0.3) is 0 Å². The molecule has 0 radical (unpaired) electrons. The van der Waals surface area contributed by atoms with Crippen molar-refractivity contribution >= 4 is 61.1 Å². The molecule has 7 N–H and O–H groups in total. The Morgan fingerprint density at radius 2 is 0.864 bits per heavy atom. The molecule has 14 heteroatoms. The average Bonchev–Trinajstić information content (AvgIpc) is 2.91. The normalized spacial score (nSPS) is 11.3. The van der Waals surface area contributed by atoms with Gasteiger partial charge in [0.05, 0.1) is 0 Å². The first kappa shape index (κ1) is 33.8. The molecule has 0 amide bonds. The zero-order valence-corrected chi connectivity index (χ0v) is 22.8. The van der Waals surface area contributed by atoms with Crippen molar-refractivity contribution in [2.75, 3.05) is 0 Å². The van der Waals surface area contributed by atoms with Gasteiger partial charge in [0.2, 0.25) is 0 Å². The van der Waals surface area contributed by atoms with Crippen molar-refractivity contribution in [3.63, 3.8) is 0 Å². The molecule has 0 saturated heterocycles. The van der Waals surface area contributed by atoms with Crippen molar-refractivity contribution in [3.8, 4) is 46.0 Å². The molecule has 0 spiro atoms. The molecule has 0 aliphatic heterocycles. The summed E-state index contributed by atoms with van der Waals surface area (Å²) in [5, 5.41) is 59.8. The molecular weight excluding hydrogens is 606 g/mol. The van der Waals surface area contributed by atoms with Crippen LogP contribution in [0.15, 0.2) is 84.9 Å². The second kappa shape index (κ2) is 14.2. The molecule has 0 aromatic heterocycles. The molecule has 4 aromatic rings. The van der Waals surface area contributed by atoms with Crippen LogP contribution in [-0.2, 0) is 4.57 Å². The fourth-order valence-electron chi connectivity index (χ4n) is 3.75. The number of carbonyl (C=O) groups excluding carboxylic acids is 2. The first-order chi connectivity index (χ1) is 20.3. The van der Waals surface area contributed by atoms with Gasteiger partial charge in [-0.1, -0.05) is 36.4 Å². The summed E-state index contributed by atoms with van der Waals surface area (Å²) in [7, 11) is -5.09. The van der Waals surface area contributed by atoms with Gasteiger partial charge < -0.3 is 39.7 Å². The fourth-order valence-corrected chi connectivity index (χ4v) is 4.53. The first-order valence-electron chi connectivity index (χ1n) is 12.2. The van der Waals surface area contributed by atoms with E-state index in [0.29, 0.717) is 11.1 Å². The monoisotopic (exact) mass is 630 g/mol. The predicted octanol–water partition coefficient (Wildman–Crippen LogP) is 4.62. The van der Waals surface area contributed by atoms with Gasteiger partial charge in [0.15, 0.2) is 11.6 Å². The fraction of sp³-hybridized carbons (Fsp3) is 0. The van der Waals surface area contributed by atoms with Crippen molar-refractivity contribution < 1.29 is 58.7 Å². The van der Waals surface area contributed by atoms with Crippen molar-refractivity contribution in [1.29, 1.82) is 0 Å². The SMILES string of the molecule is O=C(/C=C/c1ccc(O)cc1)c1c(O)cc(OP(=O)(O)Oc2cc(O)c(C(=O)/C=C/c3ccc(O)cc3)c(O)c2)cc1O.[NaH]. The number of rotatable bonds is 10. The number of hydrogen-bond donors (Lipinski definition) is 7. The van der Waals surface area contributed by atoms with E-state index in [-0.39, 0.29) is 41.1 Å². The van der Waals surface area contributed by atoms with Crippen LogP contribution in [0.3, 0.4) is 0 Å². The molecule has 0 aliphatic rings. The number of hydrogen-bond acceptors (Lipinski definition) is 11. The van der Waals surface area contributed by atoms with E-state index in [1.54, 1.807) is 0 Å². The van der Waals surface area contributed by atoms with Crippen LogP contribution in [0.5, 0.6) is 46.0 Å². The molecule has 44 heavy (non-hydrogen) atoms. The number of allylic oxidation sites excluding steroid dienone is 2. The van der Waals surface area contributed by atoms with Gasteiger partial charge in [0, 0.05) is 24.3 Å². The summed E-state index contributed by atoms with van der Waals surface area (Å²) in [4.78, 5) is 35.2. The molecule has 0 unspecified atom stereocenters. The Bertz CT molecular complexity index is 1620. The number of carbonyl (C=O) groups is 2. The third-order valence-electron chi connectivity index (χ3n) is 5.72. The maximum absolute atomic E-state index is 12.6.